The lowest BCUT2D eigenvalue weighted by atomic mass is 9.95. The first-order chi connectivity index (χ1) is 8.20. The van der Waals surface area contributed by atoms with E-state index in [1.54, 1.807) is 0 Å². The molecular formula is C15H30N2. The van der Waals surface area contributed by atoms with Gasteiger partial charge in [0.25, 0.3) is 0 Å². The van der Waals surface area contributed by atoms with Gasteiger partial charge in [-0.1, -0.05) is 19.8 Å². The maximum atomic E-state index is 3.69. The van der Waals surface area contributed by atoms with Gasteiger partial charge in [-0.2, -0.15) is 0 Å². The van der Waals surface area contributed by atoms with Crippen LogP contribution in [-0.2, 0) is 0 Å². The molecule has 1 N–H and O–H groups in total. The van der Waals surface area contributed by atoms with E-state index in [0.29, 0.717) is 0 Å². The van der Waals surface area contributed by atoms with Gasteiger partial charge in [-0.25, -0.2) is 0 Å². The van der Waals surface area contributed by atoms with E-state index in [1.165, 1.54) is 51.6 Å². The summed E-state index contributed by atoms with van der Waals surface area (Å²) in [5.74, 6) is 1.06. The van der Waals surface area contributed by atoms with Crippen LogP contribution in [0.1, 0.15) is 59.3 Å². The topological polar surface area (TPSA) is 15.3 Å². The van der Waals surface area contributed by atoms with E-state index < -0.39 is 0 Å². The van der Waals surface area contributed by atoms with Crippen molar-refractivity contribution in [1.29, 1.82) is 0 Å². The second-order valence-electron chi connectivity index (χ2n) is 6.29. The smallest absolute Gasteiger partial charge is 0.00940 e. The molecular weight excluding hydrogens is 208 g/mol. The van der Waals surface area contributed by atoms with Crippen LogP contribution in [0, 0.1) is 5.92 Å². The summed E-state index contributed by atoms with van der Waals surface area (Å²) in [4.78, 5) is 2.75. The van der Waals surface area contributed by atoms with Crippen LogP contribution in [0.25, 0.3) is 0 Å². The average Bonchev–Trinajstić information content (AvgIpc) is 3.10. The van der Waals surface area contributed by atoms with Gasteiger partial charge in [0.1, 0.15) is 0 Å². The minimum absolute atomic E-state index is 0.770. The fourth-order valence-corrected chi connectivity index (χ4v) is 3.35. The number of hydrogen-bond donors (Lipinski definition) is 1. The molecule has 2 aliphatic rings. The van der Waals surface area contributed by atoms with E-state index in [-0.39, 0.29) is 0 Å². The molecule has 1 heterocycles. The van der Waals surface area contributed by atoms with Gasteiger partial charge in [0.2, 0.25) is 0 Å². The molecule has 1 saturated carbocycles. The number of nitrogens with zero attached hydrogens (tertiary/aromatic N) is 1. The van der Waals surface area contributed by atoms with Crippen LogP contribution in [0.5, 0.6) is 0 Å². The van der Waals surface area contributed by atoms with Crippen LogP contribution in [-0.4, -0.2) is 36.1 Å². The molecule has 3 atom stereocenters. The molecule has 2 nitrogen and oxygen atoms in total. The second kappa shape index (κ2) is 6.19. The Kier molecular flexibility index (Phi) is 4.87. The Bertz CT molecular complexity index is 225. The lowest BCUT2D eigenvalue weighted by molar-refractivity contribution is 0.0887. The lowest BCUT2D eigenvalue weighted by Gasteiger charge is -2.41. The Morgan fingerprint density at radius 1 is 1.29 bits per heavy atom. The van der Waals surface area contributed by atoms with Gasteiger partial charge in [0.05, 0.1) is 0 Å². The zero-order valence-corrected chi connectivity index (χ0v) is 11.9. The Labute approximate surface area is 107 Å². The van der Waals surface area contributed by atoms with E-state index in [2.05, 4.69) is 31.0 Å². The van der Waals surface area contributed by atoms with Crippen LogP contribution < -0.4 is 5.32 Å². The third kappa shape index (κ3) is 3.96. The summed E-state index contributed by atoms with van der Waals surface area (Å²) < 4.78 is 0. The van der Waals surface area contributed by atoms with Crippen molar-refractivity contribution in [3.05, 3.63) is 0 Å². The molecule has 1 aliphatic carbocycles. The van der Waals surface area contributed by atoms with Crippen LogP contribution in [0.2, 0.25) is 0 Å². The summed E-state index contributed by atoms with van der Waals surface area (Å²) in [5.41, 5.74) is 0. The second-order valence-corrected chi connectivity index (χ2v) is 6.29. The number of likely N-dealkylation sites (tertiary alicyclic amines) is 1. The summed E-state index contributed by atoms with van der Waals surface area (Å²) >= 11 is 0. The molecule has 0 aromatic carbocycles. The molecule has 100 valence electrons. The molecule has 0 bridgehead atoms. The van der Waals surface area contributed by atoms with Gasteiger partial charge >= 0.3 is 0 Å². The van der Waals surface area contributed by atoms with Crippen LogP contribution in [0.3, 0.4) is 0 Å². The molecule has 2 heteroatoms. The zero-order chi connectivity index (χ0) is 12.3. The minimum Gasteiger partial charge on any atom is -0.314 e. The summed E-state index contributed by atoms with van der Waals surface area (Å²) in [6.45, 7) is 9.60. The van der Waals surface area contributed by atoms with Crippen molar-refractivity contribution in [2.24, 2.45) is 5.92 Å². The highest BCUT2D eigenvalue weighted by atomic mass is 15.2. The summed E-state index contributed by atoms with van der Waals surface area (Å²) in [7, 11) is 0. The van der Waals surface area contributed by atoms with Crippen molar-refractivity contribution < 1.29 is 0 Å². The van der Waals surface area contributed by atoms with E-state index in [1.807, 2.05) is 0 Å². The number of hydrogen-bond acceptors (Lipinski definition) is 2. The van der Waals surface area contributed by atoms with Crippen molar-refractivity contribution in [3.8, 4) is 0 Å². The van der Waals surface area contributed by atoms with Gasteiger partial charge < -0.3 is 5.32 Å². The van der Waals surface area contributed by atoms with E-state index >= 15 is 0 Å². The Hall–Kier alpha value is -0.0800. The molecule has 1 saturated heterocycles. The minimum atomic E-state index is 0.770. The molecule has 17 heavy (non-hydrogen) atoms. The predicted molar refractivity (Wildman–Crippen MR) is 74.3 cm³/mol. The SMILES string of the molecule is CCCNC1CCN(C(C)CC2CC2)C(C)C1. The number of nitrogens with one attached hydrogen (secondary N) is 1. The molecule has 0 amide bonds. The van der Waals surface area contributed by atoms with Crippen LogP contribution in [0.15, 0.2) is 0 Å². The van der Waals surface area contributed by atoms with E-state index in [0.717, 1.165) is 24.0 Å². The lowest BCUT2D eigenvalue weighted by Crippen LogP contribution is -2.50. The summed E-state index contributed by atoms with van der Waals surface area (Å²) in [6.07, 6.45) is 8.37. The Morgan fingerprint density at radius 3 is 2.65 bits per heavy atom. The number of rotatable bonds is 6. The normalized spacial score (nSPS) is 32.6. The molecule has 2 rings (SSSR count). The largest absolute Gasteiger partial charge is 0.314 e. The van der Waals surface area contributed by atoms with Gasteiger partial charge in [-0.3, -0.25) is 4.90 Å². The standard InChI is InChI=1S/C15H30N2/c1-4-8-16-15-7-9-17(13(3)11-15)12(2)10-14-5-6-14/h12-16H,4-11H2,1-3H3. The van der Waals surface area contributed by atoms with Crippen LogP contribution in [0.4, 0.5) is 0 Å². The predicted octanol–water partition coefficient (Wildman–Crippen LogP) is 3.03. The molecule has 0 aromatic heterocycles. The molecule has 1 aliphatic heterocycles. The van der Waals surface area contributed by atoms with Crippen molar-refractivity contribution in [1.82, 2.24) is 10.2 Å². The molecule has 0 radical (unpaired) electrons. The van der Waals surface area contributed by atoms with E-state index in [4.69, 9.17) is 0 Å². The highest BCUT2D eigenvalue weighted by Gasteiger charge is 2.31. The van der Waals surface area contributed by atoms with Crippen molar-refractivity contribution in [2.75, 3.05) is 13.1 Å². The molecule has 0 spiro atoms. The highest BCUT2D eigenvalue weighted by molar-refractivity contribution is 4.87. The third-order valence-corrected chi connectivity index (χ3v) is 4.55. The van der Waals surface area contributed by atoms with Crippen LogP contribution >= 0.6 is 0 Å². The average molecular weight is 238 g/mol. The number of piperidine rings is 1. The first-order valence-corrected chi connectivity index (χ1v) is 7.69. The quantitative estimate of drug-likeness (QED) is 0.765. The monoisotopic (exact) mass is 238 g/mol. The molecule has 0 aromatic rings. The summed E-state index contributed by atoms with van der Waals surface area (Å²) in [5, 5.41) is 3.69. The van der Waals surface area contributed by atoms with Gasteiger partial charge in [0.15, 0.2) is 0 Å². The van der Waals surface area contributed by atoms with Gasteiger partial charge in [-0.15, -0.1) is 0 Å². The highest BCUT2D eigenvalue weighted by Crippen LogP contribution is 2.35. The Morgan fingerprint density at radius 2 is 2.06 bits per heavy atom. The maximum absolute atomic E-state index is 3.69. The Balaban J connectivity index is 1.74. The third-order valence-electron chi connectivity index (χ3n) is 4.55. The summed E-state index contributed by atoms with van der Waals surface area (Å²) in [6, 6.07) is 2.35. The first kappa shape index (κ1) is 13.4. The van der Waals surface area contributed by atoms with Crippen molar-refractivity contribution in [3.63, 3.8) is 0 Å². The van der Waals surface area contributed by atoms with Crippen molar-refractivity contribution in [2.45, 2.75) is 77.4 Å². The van der Waals surface area contributed by atoms with Gasteiger partial charge in [0, 0.05) is 24.7 Å². The maximum Gasteiger partial charge on any atom is 0.00940 e. The van der Waals surface area contributed by atoms with E-state index in [9.17, 15) is 0 Å². The fourth-order valence-electron chi connectivity index (χ4n) is 3.35. The fraction of sp³-hybridized carbons (Fsp3) is 1.00. The van der Waals surface area contributed by atoms with Crippen molar-refractivity contribution >= 4 is 0 Å². The van der Waals surface area contributed by atoms with Gasteiger partial charge in [-0.05, 0) is 52.0 Å². The zero-order valence-electron chi connectivity index (χ0n) is 11.9. The molecule has 3 unspecified atom stereocenters. The first-order valence-electron chi connectivity index (χ1n) is 7.69. The molecule has 2 fully saturated rings.